The third-order valence-electron chi connectivity index (χ3n) is 3.01. The van der Waals surface area contributed by atoms with Gasteiger partial charge in [-0.25, -0.2) is 0 Å². The second-order valence-corrected chi connectivity index (χ2v) is 5.54. The highest BCUT2D eigenvalue weighted by molar-refractivity contribution is 9.10. The number of para-hydroxylation sites is 2. The molecule has 0 amide bonds. The number of halogens is 1. The Morgan fingerprint density at radius 2 is 1.91 bits per heavy atom. The Kier molecular flexibility index (Phi) is 4.68. The molecule has 0 saturated carbocycles. The van der Waals surface area contributed by atoms with Crippen molar-refractivity contribution in [3.05, 3.63) is 59.2 Å². The summed E-state index contributed by atoms with van der Waals surface area (Å²) in [4.78, 5) is 4.40. The van der Waals surface area contributed by atoms with E-state index < -0.39 is 0 Å². The third-order valence-corrected chi connectivity index (χ3v) is 3.50. The number of aromatic nitrogens is 3. The molecule has 0 aliphatic heterocycles. The molecule has 0 saturated heterocycles. The minimum Gasteiger partial charge on any atom is -0.495 e. The fraction of sp³-hybridized carbons (Fsp3) is 0.0625. The molecule has 0 unspecified atom stereocenters. The van der Waals surface area contributed by atoms with E-state index in [1.807, 2.05) is 48.5 Å². The first-order chi connectivity index (χ1) is 11.2. The number of hydrogen-bond donors (Lipinski definition) is 2. The van der Waals surface area contributed by atoms with Crippen LogP contribution in [0.1, 0.15) is 0 Å². The Morgan fingerprint density at radius 3 is 2.74 bits per heavy atom. The standard InChI is InChI=1S/C16H14BrN5O/c1-23-14-8-3-2-7-13(14)20-15-10-18-22-16(21-15)19-12-6-4-5-11(17)9-12/h2-10H,1H3,(H2,19,20,21,22). The number of benzene rings is 2. The maximum absolute atomic E-state index is 5.31. The lowest BCUT2D eigenvalue weighted by Crippen LogP contribution is -2.03. The largest absolute Gasteiger partial charge is 0.495 e. The summed E-state index contributed by atoms with van der Waals surface area (Å²) in [5.74, 6) is 1.71. The number of anilines is 4. The van der Waals surface area contributed by atoms with Crippen molar-refractivity contribution in [1.82, 2.24) is 15.2 Å². The fourth-order valence-corrected chi connectivity index (χ4v) is 2.40. The summed E-state index contributed by atoms with van der Waals surface area (Å²) >= 11 is 3.43. The number of ether oxygens (including phenoxy) is 1. The van der Waals surface area contributed by atoms with Crippen LogP contribution in [0.2, 0.25) is 0 Å². The van der Waals surface area contributed by atoms with Gasteiger partial charge in [-0.15, -0.1) is 5.10 Å². The van der Waals surface area contributed by atoms with Gasteiger partial charge in [0.15, 0.2) is 5.82 Å². The summed E-state index contributed by atoms with van der Waals surface area (Å²) in [5.41, 5.74) is 1.68. The average Bonchev–Trinajstić information content (AvgIpc) is 2.56. The summed E-state index contributed by atoms with van der Waals surface area (Å²) in [6.45, 7) is 0. The molecular formula is C16H14BrN5O. The molecule has 0 aliphatic rings. The van der Waals surface area contributed by atoms with Crippen LogP contribution < -0.4 is 15.4 Å². The minimum atomic E-state index is 0.406. The van der Waals surface area contributed by atoms with Gasteiger partial charge in [0.25, 0.3) is 0 Å². The molecule has 7 heteroatoms. The van der Waals surface area contributed by atoms with Crippen LogP contribution in [-0.2, 0) is 0 Å². The van der Waals surface area contributed by atoms with Gasteiger partial charge < -0.3 is 15.4 Å². The molecular weight excluding hydrogens is 358 g/mol. The molecule has 0 fully saturated rings. The van der Waals surface area contributed by atoms with Gasteiger partial charge in [0.2, 0.25) is 5.95 Å². The molecule has 0 atom stereocenters. The second-order valence-electron chi connectivity index (χ2n) is 4.63. The van der Waals surface area contributed by atoms with Crippen molar-refractivity contribution in [2.45, 2.75) is 0 Å². The van der Waals surface area contributed by atoms with Crippen molar-refractivity contribution < 1.29 is 4.74 Å². The molecule has 3 aromatic rings. The van der Waals surface area contributed by atoms with E-state index in [-0.39, 0.29) is 0 Å². The molecule has 0 aliphatic carbocycles. The van der Waals surface area contributed by atoms with Gasteiger partial charge in [0, 0.05) is 10.2 Å². The van der Waals surface area contributed by atoms with Gasteiger partial charge in [0.1, 0.15) is 5.75 Å². The van der Waals surface area contributed by atoms with Crippen molar-refractivity contribution in [3.63, 3.8) is 0 Å². The normalized spacial score (nSPS) is 10.2. The molecule has 6 nitrogen and oxygen atoms in total. The van der Waals surface area contributed by atoms with Gasteiger partial charge in [-0.05, 0) is 30.3 Å². The zero-order chi connectivity index (χ0) is 16.1. The van der Waals surface area contributed by atoms with Gasteiger partial charge in [-0.1, -0.05) is 34.1 Å². The number of hydrogen-bond acceptors (Lipinski definition) is 6. The SMILES string of the molecule is COc1ccccc1Nc1cnnc(Nc2cccc(Br)c2)n1. The lowest BCUT2D eigenvalue weighted by molar-refractivity contribution is 0.417. The molecule has 116 valence electrons. The Morgan fingerprint density at radius 1 is 1.04 bits per heavy atom. The fourth-order valence-electron chi connectivity index (χ4n) is 2.00. The van der Waals surface area contributed by atoms with Crippen LogP contribution in [0.5, 0.6) is 5.75 Å². The first kappa shape index (κ1) is 15.2. The summed E-state index contributed by atoms with van der Waals surface area (Å²) in [6.07, 6.45) is 1.55. The maximum atomic E-state index is 5.31. The Hall–Kier alpha value is -2.67. The van der Waals surface area contributed by atoms with E-state index in [0.29, 0.717) is 11.8 Å². The minimum absolute atomic E-state index is 0.406. The van der Waals surface area contributed by atoms with E-state index in [1.54, 1.807) is 13.3 Å². The predicted molar refractivity (Wildman–Crippen MR) is 93.5 cm³/mol. The summed E-state index contributed by atoms with van der Waals surface area (Å²) in [6, 6.07) is 15.3. The van der Waals surface area contributed by atoms with Gasteiger partial charge >= 0.3 is 0 Å². The molecule has 2 aromatic carbocycles. The van der Waals surface area contributed by atoms with Crippen molar-refractivity contribution in [2.24, 2.45) is 0 Å². The Bertz CT molecular complexity index is 812. The number of methoxy groups -OCH3 is 1. The quantitative estimate of drug-likeness (QED) is 0.702. The van der Waals surface area contributed by atoms with E-state index in [1.165, 1.54) is 0 Å². The van der Waals surface area contributed by atoms with E-state index in [0.717, 1.165) is 21.6 Å². The second kappa shape index (κ2) is 7.06. The van der Waals surface area contributed by atoms with Crippen molar-refractivity contribution >= 4 is 39.1 Å². The molecule has 23 heavy (non-hydrogen) atoms. The van der Waals surface area contributed by atoms with E-state index in [4.69, 9.17) is 4.74 Å². The number of rotatable bonds is 5. The van der Waals surface area contributed by atoms with Crippen molar-refractivity contribution in [2.75, 3.05) is 17.7 Å². The highest BCUT2D eigenvalue weighted by Gasteiger charge is 2.05. The van der Waals surface area contributed by atoms with Crippen LogP contribution in [0.15, 0.2) is 59.2 Å². The monoisotopic (exact) mass is 371 g/mol. The van der Waals surface area contributed by atoms with E-state index in [9.17, 15) is 0 Å². The Labute approximate surface area is 142 Å². The smallest absolute Gasteiger partial charge is 0.249 e. The lowest BCUT2D eigenvalue weighted by atomic mass is 10.3. The molecule has 0 spiro atoms. The first-order valence-corrected chi connectivity index (χ1v) is 7.66. The van der Waals surface area contributed by atoms with Crippen LogP contribution in [0.3, 0.4) is 0 Å². The molecule has 0 radical (unpaired) electrons. The zero-order valence-electron chi connectivity index (χ0n) is 12.3. The summed E-state index contributed by atoms with van der Waals surface area (Å²) in [5, 5.41) is 14.2. The first-order valence-electron chi connectivity index (χ1n) is 6.87. The zero-order valence-corrected chi connectivity index (χ0v) is 13.9. The lowest BCUT2D eigenvalue weighted by Gasteiger charge is -2.10. The van der Waals surface area contributed by atoms with Crippen LogP contribution >= 0.6 is 15.9 Å². The van der Waals surface area contributed by atoms with Gasteiger partial charge in [0.05, 0.1) is 19.0 Å². The van der Waals surface area contributed by atoms with Crippen molar-refractivity contribution in [3.8, 4) is 5.75 Å². The molecule has 2 N–H and O–H groups in total. The number of nitrogens with one attached hydrogen (secondary N) is 2. The van der Waals surface area contributed by atoms with Crippen LogP contribution in [0.25, 0.3) is 0 Å². The Balaban J connectivity index is 1.80. The topological polar surface area (TPSA) is 72.0 Å². The van der Waals surface area contributed by atoms with E-state index in [2.05, 4.69) is 41.7 Å². The van der Waals surface area contributed by atoms with Crippen LogP contribution in [0, 0.1) is 0 Å². The van der Waals surface area contributed by atoms with Gasteiger partial charge in [-0.3, -0.25) is 0 Å². The van der Waals surface area contributed by atoms with Gasteiger partial charge in [-0.2, -0.15) is 10.1 Å². The number of nitrogens with zero attached hydrogens (tertiary/aromatic N) is 3. The highest BCUT2D eigenvalue weighted by Crippen LogP contribution is 2.26. The maximum Gasteiger partial charge on any atom is 0.249 e. The third kappa shape index (κ3) is 3.95. The van der Waals surface area contributed by atoms with Crippen LogP contribution in [-0.4, -0.2) is 22.3 Å². The van der Waals surface area contributed by atoms with Crippen molar-refractivity contribution in [1.29, 1.82) is 0 Å². The summed E-state index contributed by atoms with van der Waals surface area (Å²) < 4.78 is 6.28. The highest BCUT2D eigenvalue weighted by atomic mass is 79.9. The molecule has 1 heterocycles. The summed E-state index contributed by atoms with van der Waals surface area (Å²) in [7, 11) is 1.62. The average molecular weight is 372 g/mol. The predicted octanol–water partition coefficient (Wildman–Crippen LogP) is 4.13. The van der Waals surface area contributed by atoms with E-state index >= 15 is 0 Å². The van der Waals surface area contributed by atoms with Crippen LogP contribution in [0.4, 0.5) is 23.1 Å². The molecule has 1 aromatic heterocycles. The molecule has 0 bridgehead atoms. The molecule has 3 rings (SSSR count).